The molecule has 1 saturated heterocycles. The second-order valence-corrected chi connectivity index (χ2v) is 6.57. The number of ether oxygens (including phenoxy) is 1. The number of halogens is 1. The minimum absolute atomic E-state index is 0.230. The molecule has 3 rings (SSSR count). The minimum atomic E-state index is -0.303. The molecule has 2 atom stereocenters. The Hall–Kier alpha value is -1.56. The largest absolute Gasteiger partial charge is 0.492 e. The number of aromatic nitrogens is 2. The lowest BCUT2D eigenvalue weighted by atomic mass is 10.0. The third kappa shape index (κ3) is 4.47. The van der Waals surface area contributed by atoms with Crippen LogP contribution in [0.1, 0.15) is 11.4 Å². The van der Waals surface area contributed by atoms with Gasteiger partial charge >= 0.3 is 0 Å². The molecule has 0 spiro atoms. The number of aromatic amines is 1. The SMILES string of the molecule is Cc1cc(C[C@@H]2CN(CCOc3ccc(Cl)cc3)C[C@@H]2O)n[nH]1. The molecular formula is C17H22ClN3O2. The van der Waals surface area contributed by atoms with Gasteiger partial charge in [-0.3, -0.25) is 10.00 Å². The fraction of sp³-hybridized carbons (Fsp3) is 0.471. The van der Waals surface area contributed by atoms with E-state index in [1.165, 1.54) is 0 Å². The predicted molar refractivity (Wildman–Crippen MR) is 89.9 cm³/mol. The van der Waals surface area contributed by atoms with Crippen LogP contribution in [0.3, 0.4) is 0 Å². The molecule has 0 radical (unpaired) electrons. The van der Waals surface area contributed by atoms with E-state index in [9.17, 15) is 5.11 Å². The highest BCUT2D eigenvalue weighted by atomic mass is 35.5. The van der Waals surface area contributed by atoms with Gasteiger partial charge in [-0.2, -0.15) is 5.10 Å². The van der Waals surface area contributed by atoms with Crippen molar-refractivity contribution in [1.82, 2.24) is 15.1 Å². The van der Waals surface area contributed by atoms with Gasteiger partial charge in [-0.1, -0.05) is 11.6 Å². The maximum atomic E-state index is 10.2. The molecule has 1 aromatic heterocycles. The van der Waals surface area contributed by atoms with Crippen LogP contribution >= 0.6 is 11.6 Å². The summed E-state index contributed by atoms with van der Waals surface area (Å²) >= 11 is 5.85. The molecular weight excluding hydrogens is 314 g/mol. The van der Waals surface area contributed by atoms with Crippen molar-refractivity contribution < 1.29 is 9.84 Å². The van der Waals surface area contributed by atoms with E-state index in [0.29, 0.717) is 18.2 Å². The first-order valence-corrected chi connectivity index (χ1v) is 8.27. The van der Waals surface area contributed by atoms with Crippen molar-refractivity contribution in [1.29, 1.82) is 0 Å². The standard InChI is InChI=1S/C17H22ClN3O2/c1-12-8-15(20-19-12)9-13-10-21(11-17(13)22)6-7-23-16-4-2-14(18)3-5-16/h2-5,8,13,17,22H,6-7,9-11H2,1H3,(H,19,20)/t13-,17+/m1/s1. The van der Waals surface area contributed by atoms with Crippen LogP contribution in [0.25, 0.3) is 0 Å². The van der Waals surface area contributed by atoms with Crippen LogP contribution < -0.4 is 4.74 Å². The van der Waals surface area contributed by atoms with Gasteiger partial charge in [0.25, 0.3) is 0 Å². The lowest BCUT2D eigenvalue weighted by molar-refractivity contribution is 0.139. The Bertz CT molecular complexity index is 629. The second-order valence-electron chi connectivity index (χ2n) is 6.14. The number of aryl methyl sites for hydroxylation is 1. The molecule has 1 aromatic carbocycles. The first kappa shape index (κ1) is 16.3. The van der Waals surface area contributed by atoms with Crippen molar-refractivity contribution >= 4 is 11.6 Å². The van der Waals surface area contributed by atoms with Crippen molar-refractivity contribution in [2.45, 2.75) is 19.4 Å². The summed E-state index contributed by atoms with van der Waals surface area (Å²) in [6.07, 6.45) is 0.502. The molecule has 0 bridgehead atoms. The van der Waals surface area contributed by atoms with E-state index < -0.39 is 0 Å². The van der Waals surface area contributed by atoms with Gasteiger partial charge in [0.2, 0.25) is 0 Å². The van der Waals surface area contributed by atoms with E-state index >= 15 is 0 Å². The number of aliphatic hydroxyl groups excluding tert-OH is 1. The Morgan fingerprint density at radius 2 is 2.13 bits per heavy atom. The minimum Gasteiger partial charge on any atom is -0.492 e. The van der Waals surface area contributed by atoms with Crippen LogP contribution in [0.2, 0.25) is 5.02 Å². The molecule has 2 heterocycles. The zero-order valence-corrected chi connectivity index (χ0v) is 14.0. The molecule has 0 amide bonds. The highest BCUT2D eigenvalue weighted by Gasteiger charge is 2.31. The summed E-state index contributed by atoms with van der Waals surface area (Å²) in [5.41, 5.74) is 2.08. The molecule has 5 nitrogen and oxygen atoms in total. The average molecular weight is 336 g/mol. The maximum absolute atomic E-state index is 10.2. The molecule has 1 fully saturated rings. The van der Waals surface area contributed by atoms with Crippen LogP contribution in [-0.2, 0) is 6.42 Å². The molecule has 0 saturated carbocycles. The van der Waals surface area contributed by atoms with Gasteiger partial charge in [-0.05, 0) is 43.7 Å². The average Bonchev–Trinajstić information content (AvgIpc) is 3.08. The van der Waals surface area contributed by atoms with E-state index in [1.807, 2.05) is 37.3 Å². The highest BCUT2D eigenvalue weighted by Crippen LogP contribution is 2.21. The van der Waals surface area contributed by atoms with Gasteiger partial charge in [0.05, 0.1) is 11.8 Å². The number of nitrogens with one attached hydrogen (secondary N) is 1. The lowest BCUT2D eigenvalue weighted by Crippen LogP contribution is -2.27. The van der Waals surface area contributed by atoms with Gasteiger partial charge in [0.15, 0.2) is 0 Å². The molecule has 6 heteroatoms. The summed E-state index contributed by atoms with van der Waals surface area (Å²) in [5, 5.41) is 18.2. The second kappa shape index (κ2) is 7.34. The summed E-state index contributed by atoms with van der Waals surface area (Å²) < 4.78 is 5.72. The summed E-state index contributed by atoms with van der Waals surface area (Å²) in [6, 6.07) is 9.41. The number of hydrogen-bond acceptors (Lipinski definition) is 4. The third-order valence-corrected chi connectivity index (χ3v) is 4.45. The molecule has 1 aliphatic rings. The predicted octanol–water partition coefficient (Wildman–Crippen LogP) is 2.29. The van der Waals surface area contributed by atoms with Crippen molar-refractivity contribution in [2.75, 3.05) is 26.2 Å². The van der Waals surface area contributed by atoms with Gasteiger partial charge in [0.1, 0.15) is 12.4 Å². The Kier molecular flexibility index (Phi) is 5.20. The number of benzene rings is 1. The summed E-state index contributed by atoms with van der Waals surface area (Å²) in [7, 11) is 0. The molecule has 2 N–H and O–H groups in total. The van der Waals surface area contributed by atoms with Crippen LogP contribution in [0, 0.1) is 12.8 Å². The van der Waals surface area contributed by atoms with E-state index in [2.05, 4.69) is 15.1 Å². The summed E-state index contributed by atoms with van der Waals surface area (Å²) in [5.74, 6) is 1.05. The Balaban J connectivity index is 1.44. The highest BCUT2D eigenvalue weighted by molar-refractivity contribution is 6.30. The van der Waals surface area contributed by atoms with E-state index in [4.69, 9.17) is 16.3 Å². The van der Waals surface area contributed by atoms with Crippen molar-refractivity contribution in [3.05, 3.63) is 46.7 Å². The monoisotopic (exact) mass is 335 g/mol. The van der Waals surface area contributed by atoms with Crippen molar-refractivity contribution in [3.8, 4) is 5.75 Å². The molecule has 0 unspecified atom stereocenters. The van der Waals surface area contributed by atoms with Crippen molar-refractivity contribution in [2.24, 2.45) is 5.92 Å². The summed E-state index contributed by atoms with van der Waals surface area (Å²) in [4.78, 5) is 2.24. The van der Waals surface area contributed by atoms with Crippen LogP contribution in [0.4, 0.5) is 0 Å². The molecule has 124 valence electrons. The van der Waals surface area contributed by atoms with Crippen molar-refractivity contribution in [3.63, 3.8) is 0 Å². The smallest absolute Gasteiger partial charge is 0.119 e. The molecule has 1 aliphatic heterocycles. The first-order chi connectivity index (χ1) is 11.1. The maximum Gasteiger partial charge on any atom is 0.119 e. The van der Waals surface area contributed by atoms with Gasteiger partial charge < -0.3 is 9.84 Å². The molecule has 2 aromatic rings. The third-order valence-electron chi connectivity index (χ3n) is 4.20. The number of nitrogens with zero attached hydrogens (tertiary/aromatic N) is 2. The molecule has 23 heavy (non-hydrogen) atoms. The van der Waals surface area contributed by atoms with Gasteiger partial charge in [-0.15, -0.1) is 0 Å². The number of H-pyrrole nitrogens is 1. The van der Waals surface area contributed by atoms with E-state index in [-0.39, 0.29) is 12.0 Å². The lowest BCUT2D eigenvalue weighted by Gasteiger charge is -2.15. The number of β-amino-alcohol motifs (C(OH)–C–C–N with tert-alkyl or cyclic N) is 1. The number of hydrogen-bond donors (Lipinski definition) is 2. The van der Waals surface area contributed by atoms with Gasteiger partial charge in [0, 0.05) is 36.3 Å². The van der Waals surface area contributed by atoms with Crippen LogP contribution in [0.5, 0.6) is 5.75 Å². The fourth-order valence-corrected chi connectivity index (χ4v) is 3.12. The Labute approximate surface area is 141 Å². The fourth-order valence-electron chi connectivity index (χ4n) is 3.00. The normalized spacial score (nSPS) is 21.7. The van der Waals surface area contributed by atoms with E-state index in [0.717, 1.165) is 36.6 Å². The zero-order chi connectivity index (χ0) is 16.2. The topological polar surface area (TPSA) is 61.4 Å². The van der Waals surface area contributed by atoms with Gasteiger partial charge in [-0.25, -0.2) is 0 Å². The number of likely N-dealkylation sites (tertiary alicyclic amines) is 1. The number of rotatable bonds is 6. The number of aliphatic hydroxyl groups is 1. The Morgan fingerprint density at radius 1 is 1.35 bits per heavy atom. The first-order valence-electron chi connectivity index (χ1n) is 7.90. The van der Waals surface area contributed by atoms with Crippen LogP contribution in [-0.4, -0.2) is 52.5 Å². The van der Waals surface area contributed by atoms with Crippen LogP contribution in [0.15, 0.2) is 30.3 Å². The quantitative estimate of drug-likeness (QED) is 0.850. The van der Waals surface area contributed by atoms with E-state index in [1.54, 1.807) is 0 Å². The Morgan fingerprint density at radius 3 is 2.83 bits per heavy atom. The summed E-state index contributed by atoms with van der Waals surface area (Å²) in [6.45, 7) is 4.95. The molecule has 0 aliphatic carbocycles. The zero-order valence-electron chi connectivity index (χ0n) is 13.2.